The van der Waals surface area contributed by atoms with E-state index in [-0.39, 0.29) is 18.5 Å². The molecule has 0 atom stereocenters. The van der Waals surface area contributed by atoms with Gasteiger partial charge in [-0.15, -0.1) is 0 Å². The van der Waals surface area contributed by atoms with Gasteiger partial charge in [-0.3, -0.25) is 14.4 Å². The van der Waals surface area contributed by atoms with E-state index in [0.29, 0.717) is 24.1 Å². The van der Waals surface area contributed by atoms with E-state index in [4.69, 9.17) is 4.74 Å². The number of amides is 2. The van der Waals surface area contributed by atoms with Crippen LogP contribution in [0.1, 0.15) is 30.1 Å². The van der Waals surface area contributed by atoms with Crippen molar-refractivity contribution in [1.82, 2.24) is 4.90 Å². The summed E-state index contributed by atoms with van der Waals surface area (Å²) in [5.74, 6) is -0.910. The molecule has 0 saturated carbocycles. The van der Waals surface area contributed by atoms with E-state index in [1.807, 2.05) is 6.92 Å². The van der Waals surface area contributed by atoms with Crippen LogP contribution >= 0.6 is 0 Å². The third-order valence-electron chi connectivity index (χ3n) is 2.64. The molecule has 2 amide bonds. The summed E-state index contributed by atoms with van der Waals surface area (Å²) in [5.41, 5.74) is 1.08. The van der Waals surface area contributed by atoms with Crippen molar-refractivity contribution in [3.8, 4) is 0 Å². The van der Waals surface area contributed by atoms with Gasteiger partial charge in [0.1, 0.15) is 0 Å². The van der Waals surface area contributed by atoms with E-state index in [2.05, 4.69) is 5.32 Å². The van der Waals surface area contributed by atoms with Crippen LogP contribution in [0.2, 0.25) is 0 Å². The first-order valence-electron chi connectivity index (χ1n) is 6.71. The highest BCUT2D eigenvalue weighted by atomic mass is 16.5. The Hall–Kier alpha value is -2.37. The van der Waals surface area contributed by atoms with Crippen LogP contribution in [0.3, 0.4) is 0 Å². The number of nitrogens with one attached hydrogen (secondary N) is 1. The maximum atomic E-state index is 11.7. The Morgan fingerprint density at radius 3 is 2.29 bits per heavy atom. The molecule has 1 aromatic carbocycles. The molecule has 0 bridgehead atoms. The summed E-state index contributed by atoms with van der Waals surface area (Å²) in [6.45, 7) is 1.55. The molecular weight excluding hydrogens is 272 g/mol. The monoisotopic (exact) mass is 292 g/mol. The average molecular weight is 292 g/mol. The minimum atomic E-state index is -0.411. The SMILES string of the molecule is CCCC(=O)OCC(=O)Nc1ccc(C(=O)N(C)C)cc1. The molecule has 0 aliphatic carbocycles. The van der Waals surface area contributed by atoms with Gasteiger partial charge >= 0.3 is 5.97 Å². The largest absolute Gasteiger partial charge is 0.456 e. The minimum Gasteiger partial charge on any atom is -0.456 e. The second-order valence-corrected chi connectivity index (χ2v) is 4.74. The van der Waals surface area contributed by atoms with Crippen LogP contribution in [0.4, 0.5) is 5.69 Å². The predicted molar refractivity (Wildman–Crippen MR) is 79.0 cm³/mol. The zero-order valence-electron chi connectivity index (χ0n) is 12.5. The lowest BCUT2D eigenvalue weighted by Gasteiger charge is -2.11. The van der Waals surface area contributed by atoms with Gasteiger partial charge in [0.15, 0.2) is 6.61 Å². The molecular formula is C15H20N2O4. The molecule has 114 valence electrons. The van der Waals surface area contributed by atoms with Gasteiger partial charge in [0, 0.05) is 31.8 Å². The maximum absolute atomic E-state index is 11.7. The molecule has 0 aliphatic rings. The van der Waals surface area contributed by atoms with Gasteiger partial charge in [-0.1, -0.05) is 6.92 Å². The minimum absolute atomic E-state index is 0.110. The summed E-state index contributed by atoms with van der Waals surface area (Å²) in [7, 11) is 3.34. The number of nitrogens with zero attached hydrogens (tertiary/aromatic N) is 1. The van der Waals surface area contributed by atoms with E-state index >= 15 is 0 Å². The molecule has 0 unspecified atom stereocenters. The van der Waals surface area contributed by atoms with E-state index in [0.717, 1.165) is 0 Å². The van der Waals surface area contributed by atoms with Crippen LogP contribution < -0.4 is 5.32 Å². The van der Waals surface area contributed by atoms with Crippen LogP contribution in [0.5, 0.6) is 0 Å². The van der Waals surface area contributed by atoms with Crippen molar-refractivity contribution < 1.29 is 19.1 Å². The lowest BCUT2D eigenvalue weighted by atomic mass is 10.2. The summed E-state index contributed by atoms with van der Waals surface area (Å²) < 4.78 is 4.80. The first-order chi connectivity index (χ1) is 9.93. The van der Waals surface area contributed by atoms with Crippen molar-refractivity contribution in [3.63, 3.8) is 0 Å². The van der Waals surface area contributed by atoms with Crippen molar-refractivity contribution in [1.29, 1.82) is 0 Å². The van der Waals surface area contributed by atoms with Gasteiger partial charge in [0.2, 0.25) is 0 Å². The first-order valence-corrected chi connectivity index (χ1v) is 6.71. The second kappa shape index (κ2) is 8.04. The zero-order valence-corrected chi connectivity index (χ0v) is 12.5. The molecule has 0 aromatic heterocycles. The smallest absolute Gasteiger partial charge is 0.306 e. The molecule has 0 saturated heterocycles. The predicted octanol–water partition coefficient (Wildman–Crippen LogP) is 1.67. The van der Waals surface area contributed by atoms with E-state index in [1.54, 1.807) is 38.4 Å². The summed E-state index contributed by atoms with van der Waals surface area (Å²) in [4.78, 5) is 35.9. The summed E-state index contributed by atoms with van der Waals surface area (Å²) in [5, 5.41) is 2.59. The van der Waals surface area contributed by atoms with Gasteiger partial charge in [-0.25, -0.2) is 0 Å². The molecule has 0 spiro atoms. The van der Waals surface area contributed by atoms with Gasteiger partial charge in [0.25, 0.3) is 11.8 Å². The number of carbonyl (C=O) groups is 3. The van der Waals surface area contributed by atoms with Gasteiger partial charge < -0.3 is 15.0 Å². The van der Waals surface area contributed by atoms with E-state index in [1.165, 1.54) is 4.90 Å². The van der Waals surface area contributed by atoms with E-state index in [9.17, 15) is 14.4 Å². The third kappa shape index (κ3) is 5.64. The van der Waals surface area contributed by atoms with E-state index < -0.39 is 5.91 Å². The summed E-state index contributed by atoms with van der Waals surface area (Å²) in [6.07, 6.45) is 0.983. The topological polar surface area (TPSA) is 75.7 Å². The van der Waals surface area contributed by atoms with Gasteiger partial charge in [0.05, 0.1) is 0 Å². The molecule has 21 heavy (non-hydrogen) atoms. The molecule has 1 rings (SSSR count). The zero-order chi connectivity index (χ0) is 15.8. The first kappa shape index (κ1) is 16.7. The number of esters is 1. The van der Waals surface area contributed by atoms with Crippen LogP contribution in [-0.2, 0) is 14.3 Å². The van der Waals surface area contributed by atoms with Crippen LogP contribution in [0, 0.1) is 0 Å². The average Bonchev–Trinajstić information content (AvgIpc) is 2.45. The normalized spacial score (nSPS) is 9.86. The Kier molecular flexibility index (Phi) is 6.39. The fraction of sp³-hybridized carbons (Fsp3) is 0.400. The number of carbonyl (C=O) groups excluding carboxylic acids is 3. The third-order valence-corrected chi connectivity index (χ3v) is 2.64. The highest BCUT2D eigenvalue weighted by Gasteiger charge is 2.09. The molecule has 1 N–H and O–H groups in total. The highest BCUT2D eigenvalue weighted by Crippen LogP contribution is 2.10. The fourth-order valence-electron chi connectivity index (χ4n) is 1.57. The Labute approximate surface area is 124 Å². The molecule has 1 aromatic rings. The van der Waals surface area contributed by atoms with Crippen LogP contribution in [-0.4, -0.2) is 43.4 Å². The Morgan fingerprint density at radius 1 is 1.14 bits per heavy atom. The number of rotatable bonds is 6. The number of hydrogen-bond acceptors (Lipinski definition) is 4. The number of ether oxygens (including phenoxy) is 1. The van der Waals surface area contributed by atoms with Crippen molar-refractivity contribution in [2.24, 2.45) is 0 Å². The van der Waals surface area contributed by atoms with Gasteiger partial charge in [-0.2, -0.15) is 0 Å². The van der Waals surface area contributed by atoms with Crippen molar-refractivity contribution in [2.45, 2.75) is 19.8 Å². The Morgan fingerprint density at radius 2 is 1.76 bits per heavy atom. The van der Waals surface area contributed by atoms with Crippen LogP contribution in [0.15, 0.2) is 24.3 Å². The summed E-state index contributed by atoms with van der Waals surface area (Å²) in [6, 6.07) is 6.51. The quantitative estimate of drug-likeness (QED) is 0.809. The van der Waals surface area contributed by atoms with Crippen LogP contribution in [0.25, 0.3) is 0 Å². The van der Waals surface area contributed by atoms with Gasteiger partial charge in [-0.05, 0) is 30.7 Å². The number of benzene rings is 1. The Bertz CT molecular complexity index is 509. The number of anilines is 1. The standard InChI is InChI=1S/C15H20N2O4/c1-4-5-14(19)21-10-13(18)16-12-8-6-11(7-9-12)15(20)17(2)3/h6-9H,4-5,10H2,1-3H3,(H,16,18). The molecule has 6 nitrogen and oxygen atoms in total. The molecule has 0 radical (unpaired) electrons. The highest BCUT2D eigenvalue weighted by molar-refractivity contribution is 5.96. The molecule has 0 aliphatic heterocycles. The summed E-state index contributed by atoms with van der Waals surface area (Å²) >= 11 is 0. The lowest BCUT2D eigenvalue weighted by Crippen LogP contribution is -2.22. The molecule has 6 heteroatoms. The fourth-order valence-corrected chi connectivity index (χ4v) is 1.57. The maximum Gasteiger partial charge on any atom is 0.306 e. The molecule has 0 fully saturated rings. The Balaban J connectivity index is 2.50. The lowest BCUT2D eigenvalue weighted by molar-refractivity contribution is -0.147. The number of hydrogen-bond donors (Lipinski definition) is 1. The van der Waals surface area contributed by atoms with Crippen molar-refractivity contribution >= 4 is 23.5 Å². The molecule has 0 heterocycles. The van der Waals surface area contributed by atoms with Crippen molar-refractivity contribution in [3.05, 3.63) is 29.8 Å². The van der Waals surface area contributed by atoms with Crippen molar-refractivity contribution in [2.75, 3.05) is 26.0 Å². The second-order valence-electron chi connectivity index (χ2n) is 4.74.